The summed E-state index contributed by atoms with van der Waals surface area (Å²) in [6.45, 7) is 7.24. The maximum atomic E-state index is 12.6. The smallest absolute Gasteiger partial charge is 0.236 e. The molecule has 1 aliphatic heterocycles. The molecular weight excluding hydrogens is 314 g/mol. The summed E-state index contributed by atoms with van der Waals surface area (Å²) in [5.41, 5.74) is 2.09. The second-order valence-corrected chi connectivity index (χ2v) is 7.11. The van der Waals surface area contributed by atoms with Crippen molar-refractivity contribution in [2.45, 2.75) is 32.2 Å². The number of benzene rings is 1. The fourth-order valence-corrected chi connectivity index (χ4v) is 3.74. The molecule has 1 aromatic heterocycles. The van der Waals surface area contributed by atoms with E-state index < -0.39 is 0 Å². The lowest BCUT2D eigenvalue weighted by atomic mass is 10.3. The Balaban J connectivity index is 1.37. The van der Waals surface area contributed by atoms with E-state index in [4.69, 9.17) is 4.98 Å². The van der Waals surface area contributed by atoms with E-state index in [-0.39, 0.29) is 0 Å². The number of nitrogens with zero attached hydrogens (tertiary/aromatic N) is 4. The third kappa shape index (κ3) is 3.63. The number of imidazole rings is 1. The quantitative estimate of drug-likeness (QED) is 0.905. The topological polar surface area (TPSA) is 55.5 Å². The van der Waals surface area contributed by atoms with Gasteiger partial charge in [-0.05, 0) is 38.3 Å². The number of anilines is 1. The first-order chi connectivity index (χ1) is 12.2. The Bertz CT molecular complexity index is 705. The summed E-state index contributed by atoms with van der Waals surface area (Å²) in [6.07, 6.45) is 3.42. The van der Waals surface area contributed by atoms with Crippen molar-refractivity contribution in [3.63, 3.8) is 0 Å². The van der Waals surface area contributed by atoms with Gasteiger partial charge in [0.2, 0.25) is 11.9 Å². The Hall–Kier alpha value is -2.08. The zero-order chi connectivity index (χ0) is 17.2. The Labute approximate surface area is 148 Å². The molecule has 134 valence electrons. The number of hydrogen-bond acceptors (Lipinski definition) is 4. The van der Waals surface area contributed by atoms with E-state index >= 15 is 0 Å². The number of amides is 1. The van der Waals surface area contributed by atoms with Gasteiger partial charge in [0.15, 0.2) is 0 Å². The summed E-state index contributed by atoms with van der Waals surface area (Å²) < 4.78 is 0. The van der Waals surface area contributed by atoms with Gasteiger partial charge in [0.1, 0.15) is 0 Å². The number of nitrogens with one attached hydrogen (secondary N) is 1. The van der Waals surface area contributed by atoms with Crippen molar-refractivity contribution in [3.05, 3.63) is 24.3 Å². The van der Waals surface area contributed by atoms with Crippen molar-refractivity contribution in [2.24, 2.45) is 0 Å². The number of aromatic amines is 1. The predicted molar refractivity (Wildman–Crippen MR) is 99.8 cm³/mol. The second-order valence-electron chi connectivity index (χ2n) is 7.11. The van der Waals surface area contributed by atoms with Crippen LogP contribution in [0.25, 0.3) is 11.0 Å². The molecule has 4 rings (SSSR count). The van der Waals surface area contributed by atoms with E-state index in [9.17, 15) is 4.79 Å². The van der Waals surface area contributed by atoms with Crippen LogP contribution in [-0.4, -0.2) is 71.0 Å². The first-order valence-electron chi connectivity index (χ1n) is 9.46. The van der Waals surface area contributed by atoms with Crippen molar-refractivity contribution in [1.82, 2.24) is 19.8 Å². The van der Waals surface area contributed by atoms with Gasteiger partial charge in [0, 0.05) is 38.8 Å². The average molecular weight is 341 g/mol. The van der Waals surface area contributed by atoms with E-state index in [1.54, 1.807) is 0 Å². The van der Waals surface area contributed by atoms with Gasteiger partial charge in [-0.25, -0.2) is 4.98 Å². The highest BCUT2D eigenvalue weighted by atomic mass is 16.2. The molecule has 6 heteroatoms. The zero-order valence-electron chi connectivity index (χ0n) is 14.9. The molecule has 1 N–H and O–H groups in total. The summed E-state index contributed by atoms with van der Waals surface area (Å²) in [5, 5.41) is 0. The number of rotatable bonds is 5. The van der Waals surface area contributed by atoms with E-state index in [2.05, 4.69) is 32.7 Å². The van der Waals surface area contributed by atoms with Crippen LogP contribution >= 0.6 is 0 Å². The van der Waals surface area contributed by atoms with Crippen LogP contribution in [0.3, 0.4) is 0 Å². The zero-order valence-corrected chi connectivity index (χ0v) is 14.9. The normalized spacial score (nSPS) is 19.2. The number of likely N-dealkylation sites (N-methyl/N-ethyl adjacent to an activating group) is 1. The van der Waals surface area contributed by atoms with E-state index in [0.29, 0.717) is 18.5 Å². The third-order valence-corrected chi connectivity index (χ3v) is 5.27. The number of carbonyl (C=O) groups is 1. The minimum atomic E-state index is 0.294. The molecule has 0 atom stereocenters. The Morgan fingerprint density at radius 2 is 2.08 bits per heavy atom. The fourth-order valence-electron chi connectivity index (χ4n) is 3.74. The third-order valence-electron chi connectivity index (χ3n) is 5.27. The molecular formula is C19H27N5O. The van der Waals surface area contributed by atoms with E-state index in [1.165, 1.54) is 12.8 Å². The molecule has 1 aromatic carbocycles. The highest BCUT2D eigenvalue weighted by Crippen LogP contribution is 2.26. The Morgan fingerprint density at radius 3 is 2.84 bits per heavy atom. The molecule has 0 radical (unpaired) electrons. The molecule has 1 amide bonds. The maximum absolute atomic E-state index is 12.6. The van der Waals surface area contributed by atoms with Gasteiger partial charge >= 0.3 is 0 Å². The van der Waals surface area contributed by atoms with Gasteiger partial charge in [0.25, 0.3) is 0 Å². The minimum Gasteiger partial charge on any atom is -0.341 e. The molecule has 1 aliphatic carbocycles. The summed E-state index contributed by atoms with van der Waals surface area (Å²) in [6, 6.07) is 8.65. The summed E-state index contributed by atoms with van der Waals surface area (Å²) in [7, 11) is 0. The van der Waals surface area contributed by atoms with Crippen molar-refractivity contribution in [1.29, 1.82) is 0 Å². The van der Waals surface area contributed by atoms with Gasteiger partial charge in [-0.1, -0.05) is 12.1 Å². The van der Waals surface area contributed by atoms with Gasteiger partial charge in [-0.3, -0.25) is 9.69 Å². The van der Waals surface area contributed by atoms with Crippen LogP contribution in [0, 0.1) is 0 Å². The summed E-state index contributed by atoms with van der Waals surface area (Å²) >= 11 is 0. The lowest BCUT2D eigenvalue weighted by Crippen LogP contribution is -2.42. The van der Waals surface area contributed by atoms with Crippen LogP contribution in [0.5, 0.6) is 0 Å². The van der Waals surface area contributed by atoms with Crippen molar-refractivity contribution < 1.29 is 4.79 Å². The monoisotopic (exact) mass is 341 g/mol. The van der Waals surface area contributed by atoms with Crippen LogP contribution in [0.4, 0.5) is 5.95 Å². The number of fused-ring (bicyclic) bond motifs is 1. The molecule has 0 unspecified atom stereocenters. The Kier molecular flexibility index (Phi) is 4.61. The van der Waals surface area contributed by atoms with Crippen molar-refractivity contribution in [2.75, 3.05) is 44.2 Å². The molecule has 1 saturated carbocycles. The second kappa shape index (κ2) is 7.04. The summed E-state index contributed by atoms with van der Waals surface area (Å²) in [4.78, 5) is 27.4. The van der Waals surface area contributed by atoms with Gasteiger partial charge < -0.3 is 14.8 Å². The summed E-state index contributed by atoms with van der Waals surface area (Å²) in [5.74, 6) is 1.24. The number of hydrogen-bond donors (Lipinski definition) is 1. The molecule has 2 fully saturated rings. The van der Waals surface area contributed by atoms with Crippen LogP contribution in [-0.2, 0) is 4.79 Å². The lowest BCUT2D eigenvalue weighted by Gasteiger charge is -2.26. The molecule has 0 spiro atoms. The lowest BCUT2D eigenvalue weighted by molar-refractivity contribution is -0.132. The highest BCUT2D eigenvalue weighted by molar-refractivity contribution is 5.79. The first kappa shape index (κ1) is 16.4. The predicted octanol–water partition coefficient (Wildman–Crippen LogP) is 2.09. The van der Waals surface area contributed by atoms with E-state index in [1.807, 2.05) is 18.2 Å². The number of carbonyl (C=O) groups excluding carboxylic acids is 1. The highest BCUT2D eigenvalue weighted by Gasteiger charge is 2.32. The molecule has 1 saturated heterocycles. The largest absolute Gasteiger partial charge is 0.341 e. The van der Waals surface area contributed by atoms with Crippen LogP contribution in [0.2, 0.25) is 0 Å². The maximum Gasteiger partial charge on any atom is 0.236 e. The minimum absolute atomic E-state index is 0.294. The molecule has 25 heavy (non-hydrogen) atoms. The first-order valence-corrected chi connectivity index (χ1v) is 9.46. The van der Waals surface area contributed by atoms with Crippen LogP contribution in [0.1, 0.15) is 26.2 Å². The Morgan fingerprint density at radius 1 is 1.24 bits per heavy atom. The molecule has 2 aromatic rings. The van der Waals surface area contributed by atoms with Gasteiger partial charge in [0.05, 0.1) is 17.6 Å². The standard InChI is InChI=1S/C19H27N5O/c1-2-24(15-8-9-15)18(25)14-22-10-5-11-23(13-12-22)19-20-16-6-3-4-7-17(16)21-19/h3-4,6-7,15H,2,5,8-14H2,1H3,(H,20,21). The van der Waals surface area contributed by atoms with Crippen LogP contribution < -0.4 is 4.90 Å². The van der Waals surface area contributed by atoms with Gasteiger partial charge in [-0.2, -0.15) is 0 Å². The van der Waals surface area contributed by atoms with Crippen LogP contribution in [0.15, 0.2) is 24.3 Å². The average Bonchev–Trinajstić information content (AvgIpc) is 3.39. The number of aromatic nitrogens is 2. The number of para-hydroxylation sites is 2. The van der Waals surface area contributed by atoms with E-state index in [0.717, 1.165) is 56.1 Å². The molecule has 0 bridgehead atoms. The van der Waals surface area contributed by atoms with Crippen molar-refractivity contribution >= 4 is 22.9 Å². The SMILES string of the molecule is CCN(C(=O)CN1CCCN(c2nc3ccccc3[nH]2)CC1)C1CC1. The number of H-pyrrole nitrogens is 1. The molecule has 2 heterocycles. The van der Waals surface area contributed by atoms with Crippen molar-refractivity contribution in [3.8, 4) is 0 Å². The molecule has 6 nitrogen and oxygen atoms in total. The van der Waals surface area contributed by atoms with Gasteiger partial charge in [-0.15, -0.1) is 0 Å². The fraction of sp³-hybridized carbons (Fsp3) is 0.579. The molecule has 2 aliphatic rings.